The fourth-order valence-corrected chi connectivity index (χ4v) is 2.71. The van der Waals surface area contributed by atoms with E-state index < -0.39 is 0 Å². The van der Waals surface area contributed by atoms with Crippen molar-refractivity contribution < 1.29 is 14.0 Å². The highest BCUT2D eigenvalue weighted by Crippen LogP contribution is 2.19. The van der Waals surface area contributed by atoms with E-state index in [1.807, 2.05) is 13.0 Å². The summed E-state index contributed by atoms with van der Waals surface area (Å²) in [5.74, 6) is -0.424. The zero-order chi connectivity index (χ0) is 20.2. The summed E-state index contributed by atoms with van der Waals surface area (Å²) in [6.45, 7) is 1.93. The monoisotopic (exact) mass is 388 g/mol. The number of carbonyl (C=O) groups excluding carboxylic acids is 2. The van der Waals surface area contributed by atoms with Crippen molar-refractivity contribution >= 4 is 23.2 Å². The average molecular weight is 388 g/mol. The lowest BCUT2D eigenvalue weighted by atomic mass is 10.1. The number of rotatable bonds is 5. The van der Waals surface area contributed by atoms with Crippen LogP contribution in [0.2, 0.25) is 0 Å². The molecule has 2 heterocycles. The zero-order valence-corrected chi connectivity index (χ0v) is 15.4. The molecule has 0 aliphatic carbocycles. The normalized spacial score (nSPS) is 10.5. The lowest BCUT2D eigenvalue weighted by Gasteiger charge is -2.10. The molecule has 0 aliphatic rings. The van der Waals surface area contributed by atoms with E-state index in [1.165, 1.54) is 17.3 Å². The fraction of sp³-hybridized carbons (Fsp3) is 0.0500. The smallest absolute Gasteiger partial charge is 0.291 e. The highest BCUT2D eigenvalue weighted by Gasteiger charge is 2.11. The number of nitrogens with one attached hydrogen (secondary N) is 2. The summed E-state index contributed by atoms with van der Waals surface area (Å²) >= 11 is 0. The van der Waals surface area contributed by atoms with Crippen molar-refractivity contribution in [1.29, 1.82) is 0 Å². The molecule has 0 bridgehead atoms. The van der Waals surface area contributed by atoms with Crippen molar-refractivity contribution in [3.63, 3.8) is 0 Å². The molecule has 0 aliphatic heterocycles. The van der Waals surface area contributed by atoms with Gasteiger partial charge >= 0.3 is 0 Å². The molecule has 0 radical (unpaired) electrons. The van der Waals surface area contributed by atoms with Gasteiger partial charge in [0.05, 0.1) is 12.0 Å². The van der Waals surface area contributed by atoms with Gasteiger partial charge in [0.1, 0.15) is 6.33 Å². The molecule has 9 nitrogen and oxygen atoms in total. The number of tetrazole rings is 1. The maximum absolute atomic E-state index is 12.6. The molecule has 2 N–H and O–H groups in total. The Bertz CT molecular complexity index is 1140. The van der Waals surface area contributed by atoms with Gasteiger partial charge in [-0.25, -0.2) is 4.68 Å². The molecule has 4 aromatic rings. The van der Waals surface area contributed by atoms with E-state index >= 15 is 0 Å². The second-order valence-electron chi connectivity index (χ2n) is 6.22. The average Bonchev–Trinajstić information content (AvgIpc) is 3.44. The van der Waals surface area contributed by atoms with Crippen molar-refractivity contribution in [2.75, 3.05) is 10.6 Å². The Balaban J connectivity index is 1.45. The Labute approximate surface area is 165 Å². The number of amides is 2. The summed E-state index contributed by atoms with van der Waals surface area (Å²) in [5.41, 5.74) is 3.35. The maximum Gasteiger partial charge on any atom is 0.291 e. The standard InChI is InChI=1S/C20H16N6O3/c1-13-4-7-16(11-17(13)26-12-21-24-25-26)23-19(27)14-5-8-15(9-6-14)22-20(28)18-3-2-10-29-18/h2-12H,1H3,(H,22,28)(H,23,27). The predicted molar refractivity (Wildman–Crippen MR) is 105 cm³/mol. The predicted octanol–water partition coefficient (Wildman–Crippen LogP) is 3.07. The molecule has 0 fully saturated rings. The topological polar surface area (TPSA) is 115 Å². The highest BCUT2D eigenvalue weighted by molar-refractivity contribution is 6.05. The minimum absolute atomic E-state index is 0.213. The van der Waals surface area contributed by atoms with Gasteiger partial charge in [-0.3, -0.25) is 9.59 Å². The SMILES string of the molecule is Cc1ccc(NC(=O)c2ccc(NC(=O)c3ccco3)cc2)cc1-n1cnnn1. The van der Waals surface area contributed by atoms with Crippen LogP contribution in [0.15, 0.2) is 71.6 Å². The van der Waals surface area contributed by atoms with Crippen LogP contribution in [-0.2, 0) is 0 Å². The lowest BCUT2D eigenvalue weighted by molar-refractivity contribution is 0.0995. The molecule has 2 aromatic carbocycles. The third-order valence-electron chi connectivity index (χ3n) is 4.21. The van der Waals surface area contributed by atoms with E-state index in [0.29, 0.717) is 16.9 Å². The van der Waals surface area contributed by atoms with Crippen LogP contribution in [0.5, 0.6) is 0 Å². The number of hydrogen-bond acceptors (Lipinski definition) is 6. The van der Waals surface area contributed by atoms with Gasteiger partial charge in [0, 0.05) is 16.9 Å². The van der Waals surface area contributed by atoms with Gasteiger partial charge in [-0.15, -0.1) is 5.10 Å². The second kappa shape index (κ2) is 7.77. The van der Waals surface area contributed by atoms with Gasteiger partial charge in [0.25, 0.3) is 11.8 Å². The minimum Gasteiger partial charge on any atom is -0.459 e. The highest BCUT2D eigenvalue weighted by atomic mass is 16.3. The number of carbonyl (C=O) groups is 2. The third-order valence-corrected chi connectivity index (χ3v) is 4.21. The molecule has 144 valence electrons. The number of aromatic nitrogens is 4. The number of anilines is 2. The Hall–Kier alpha value is -4.27. The number of benzene rings is 2. The van der Waals surface area contributed by atoms with Gasteiger partial charge in [-0.1, -0.05) is 6.07 Å². The van der Waals surface area contributed by atoms with E-state index in [1.54, 1.807) is 48.5 Å². The number of nitrogens with zero attached hydrogens (tertiary/aromatic N) is 4. The summed E-state index contributed by atoms with van der Waals surface area (Å²) in [5, 5.41) is 16.7. The molecular formula is C20H16N6O3. The first-order chi connectivity index (χ1) is 14.1. The molecule has 4 rings (SSSR count). The molecule has 0 atom stereocenters. The fourth-order valence-electron chi connectivity index (χ4n) is 2.71. The molecule has 2 amide bonds. The Morgan fingerprint density at radius 2 is 1.72 bits per heavy atom. The van der Waals surface area contributed by atoms with Crippen molar-refractivity contribution in [3.05, 3.63) is 84.1 Å². The summed E-state index contributed by atoms with van der Waals surface area (Å²) in [7, 11) is 0. The quantitative estimate of drug-likeness (QED) is 0.543. The molecule has 9 heteroatoms. The maximum atomic E-state index is 12.6. The lowest BCUT2D eigenvalue weighted by Crippen LogP contribution is -2.13. The zero-order valence-electron chi connectivity index (χ0n) is 15.4. The van der Waals surface area contributed by atoms with Gasteiger partial charge < -0.3 is 15.1 Å². The molecular weight excluding hydrogens is 372 g/mol. The summed E-state index contributed by atoms with van der Waals surface area (Å²) in [4.78, 5) is 24.5. The largest absolute Gasteiger partial charge is 0.459 e. The molecule has 0 unspecified atom stereocenters. The first-order valence-corrected chi connectivity index (χ1v) is 8.70. The van der Waals surface area contributed by atoms with Crippen LogP contribution in [0.1, 0.15) is 26.5 Å². The van der Waals surface area contributed by atoms with E-state index in [-0.39, 0.29) is 17.6 Å². The number of aryl methyl sites for hydroxylation is 1. The molecule has 2 aromatic heterocycles. The van der Waals surface area contributed by atoms with E-state index in [4.69, 9.17) is 4.42 Å². The van der Waals surface area contributed by atoms with Crippen LogP contribution in [0.3, 0.4) is 0 Å². The van der Waals surface area contributed by atoms with Crippen molar-refractivity contribution in [2.24, 2.45) is 0 Å². The number of hydrogen-bond donors (Lipinski definition) is 2. The first-order valence-electron chi connectivity index (χ1n) is 8.70. The Kier molecular flexibility index (Phi) is 4.85. The van der Waals surface area contributed by atoms with Crippen LogP contribution in [0.4, 0.5) is 11.4 Å². The van der Waals surface area contributed by atoms with Crippen LogP contribution in [-0.4, -0.2) is 32.0 Å². The summed E-state index contributed by atoms with van der Waals surface area (Å²) < 4.78 is 6.58. The van der Waals surface area contributed by atoms with E-state index in [0.717, 1.165) is 11.3 Å². The summed E-state index contributed by atoms with van der Waals surface area (Å²) in [6, 6.07) is 15.2. The van der Waals surface area contributed by atoms with Crippen LogP contribution >= 0.6 is 0 Å². The van der Waals surface area contributed by atoms with Crippen LogP contribution < -0.4 is 10.6 Å². The van der Waals surface area contributed by atoms with Gasteiger partial charge in [0.15, 0.2) is 5.76 Å². The molecule has 29 heavy (non-hydrogen) atoms. The van der Waals surface area contributed by atoms with E-state index in [2.05, 4.69) is 26.2 Å². The van der Waals surface area contributed by atoms with E-state index in [9.17, 15) is 9.59 Å². The van der Waals surface area contributed by atoms with Gasteiger partial charge in [-0.05, 0) is 71.4 Å². The van der Waals surface area contributed by atoms with Crippen LogP contribution in [0, 0.1) is 6.92 Å². The van der Waals surface area contributed by atoms with Gasteiger partial charge in [0.2, 0.25) is 0 Å². The molecule has 0 saturated carbocycles. The Morgan fingerprint density at radius 3 is 2.41 bits per heavy atom. The molecule has 0 spiro atoms. The van der Waals surface area contributed by atoms with Crippen molar-refractivity contribution in [3.8, 4) is 5.69 Å². The Morgan fingerprint density at radius 1 is 0.966 bits per heavy atom. The van der Waals surface area contributed by atoms with Gasteiger partial charge in [-0.2, -0.15) is 0 Å². The second-order valence-corrected chi connectivity index (χ2v) is 6.22. The summed E-state index contributed by atoms with van der Waals surface area (Å²) in [6.07, 6.45) is 2.92. The first kappa shape index (κ1) is 18.1. The van der Waals surface area contributed by atoms with Crippen molar-refractivity contribution in [1.82, 2.24) is 20.2 Å². The number of furan rings is 1. The van der Waals surface area contributed by atoms with Crippen molar-refractivity contribution in [2.45, 2.75) is 6.92 Å². The minimum atomic E-state index is -0.359. The molecule has 0 saturated heterocycles. The van der Waals surface area contributed by atoms with Crippen LogP contribution in [0.25, 0.3) is 5.69 Å². The third kappa shape index (κ3) is 4.03.